The van der Waals surface area contributed by atoms with Gasteiger partial charge in [-0.2, -0.15) is 0 Å². The van der Waals surface area contributed by atoms with Gasteiger partial charge in [-0.1, -0.05) is 18.2 Å². The summed E-state index contributed by atoms with van der Waals surface area (Å²) >= 11 is 1.40. The Morgan fingerprint density at radius 2 is 1.90 bits per heavy atom. The van der Waals surface area contributed by atoms with Crippen molar-refractivity contribution < 1.29 is 13.9 Å². The summed E-state index contributed by atoms with van der Waals surface area (Å²) in [5.74, 6) is 0.167. The second kappa shape index (κ2) is 9.28. The summed E-state index contributed by atoms with van der Waals surface area (Å²) in [7, 11) is 0. The molecule has 0 aliphatic heterocycles. The van der Waals surface area contributed by atoms with Crippen LogP contribution in [0.1, 0.15) is 21.6 Å². The quantitative estimate of drug-likeness (QED) is 0.465. The summed E-state index contributed by atoms with van der Waals surface area (Å²) in [6, 6.07) is 17.5. The largest absolute Gasteiger partial charge is 0.489 e. The van der Waals surface area contributed by atoms with E-state index in [0.29, 0.717) is 18.0 Å². The van der Waals surface area contributed by atoms with Crippen LogP contribution in [0.5, 0.6) is 5.75 Å². The minimum absolute atomic E-state index is 0.226. The lowest BCUT2D eigenvalue weighted by molar-refractivity contribution is 0.0946. The number of thiazole rings is 1. The van der Waals surface area contributed by atoms with Crippen molar-refractivity contribution in [2.75, 3.05) is 0 Å². The van der Waals surface area contributed by atoms with Gasteiger partial charge in [0.1, 0.15) is 28.9 Å². The maximum Gasteiger partial charge on any atom is 0.271 e. The van der Waals surface area contributed by atoms with E-state index in [0.717, 1.165) is 21.7 Å². The van der Waals surface area contributed by atoms with Crippen LogP contribution in [0.3, 0.4) is 0 Å². The van der Waals surface area contributed by atoms with E-state index < -0.39 is 0 Å². The number of pyridine rings is 1. The number of ether oxygens (including phenoxy) is 1. The fraction of sp³-hybridized carbons (Fsp3) is 0.0870. The maximum absolute atomic E-state index is 13.2. The van der Waals surface area contributed by atoms with Gasteiger partial charge in [-0.25, -0.2) is 9.37 Å². The lowest BCUT2D eigenvalue weighted by Gasteiger charge is -2.07. The third-order valence-electron chi connectivity index (χ3n) is 4.31. The topological polar surface area (TPSA) is 64.1 Å². The summed E-state index contributed by atoms with van der Waals surface area (Å²) < 4.78 is 18.9. The molecular formula is C23H18FN3O2S. The van der Waals surface area contributed by atoms with Crippen molar-refractivity contribution in [3.8, 4) is 16.3 Å². The highest BCUT2D eigenvalue weighted by Gasteiger charge is 2.12. The number of aromatic nitrogens is 2. The standard InChI is InChI=1S/C23H18FN3O2S/c24-19-5-1-3-16(11-19)14-29-20-8-6-18(7-9-20)23-27-21(15-30-23)22(28)26-13-17-4-2-10-25-12-17/h1-12,15H,13-14H2,(H,26,28). The first-order chi connectivity index (χ1) is 14.7. The van der Waals surface area contributed by atoms with Crippen LogP contribution in [0, 0.1) is 5.82 Å². The van der Waals surface area contributed by atoms with Crippen molar-refractivity contribution in [2.45, 2.75) is 13.2 Å². The highest BCUT2D eigenvalue weighted by atomic mass is 32.1. The second-order valence-electron chi connectivity index (χ2n) is 6.52. The number of rotatable bonds is 7. The molecule has 1 N–H and O–H groups in total. The zero-order valence-electron chi connectivity index (χ0n) is 15.9. The number of amides is 1. The molecule has 0 fully saturated rings. The second-order valence-corrected chi connectivity index (χ2v) is 7.38. The molecule has 7 heteroatoms. The summed E-state index contributed by atoms with van der Waals surface area (Å²) in [5.41, 5.74) is 2.96. The fourth-order valence-corrected chi connectivity index (χ4v) is 3.58. The molecule has 2 heterocycles. The minimum Gasteiger partial charge on any atom is -0.489 e. The summed E-state index contributed by atoms with van der Waals surface area (Å²) in [5, 5.41) is 5.33. The molecule has 2 aromatic heterocycles. The van der Waals surface area contributed by atoms with Gasteiger partial charge in [-0.3, -0.25) is 9.78 Å². The van der Waals surface area contributed by atoms with Crippen molar-refractivity contribution in [1.29, 1.82) is 0 Å². The highest BCUT2D eigenvalue weighted by Crippen LogP contribution is 2.26. The molecule has 0 radical (unpaired) electrons. The Balaban J connectivity index is 1.35. The zero-order valence-corrected chi connectivity index (χ0v) is 16.7. The number of hydrogen-bond donors (Lipinski definition) is 1. The number of nitrogens with one attached hydrogen (secondary N) is 1. The molecule has 5 nitrogen and oxygen atoms in total. The van der Waals surface area contributed by atoms with Gasteiger partial charge in [0, 0.05) is 29.9 Å². The van der Waals surface area contributed by atoms with Crippen molar-refractivity contribution in [1.82, 2.24) is 15.3 Å². The third kappa shape index (κ3) is 5.07. The number of nitrogens with zero attached hydrogens (tertiary/aromatic N) is 2. The number of carbonyl (C=O) groups is 1. The molecule has 4 aromatic rings. The molecule has 2 aromatic carbocycles. The van der Waals surface area contributed by atoms with Crippen LogP contribution < -0.4 is 10.1 Å². The van der Waals surface area contributed by atoms with E-state index in [1.165, 1.54) is 23.5 Å². The van der Waals surface area contributed by atoms with Crippen molar-refractivity contribution in [2.24, 2.45) is 0 Å². The van der Waals surface area contributed by atoms with E-state index in [1.54, 1.807) is 23.8 Å². The van der Waals surface area contributed by atoms with E-state index in [2.05, 4.69) is 15.3 Å². The van der Waals surface area contributed by atoms with Crippen LogP contribution in [0.2, 0.25) is 0 Å². The molecule has 0 saturated heterocycles. The molecule has 150 valence electrons. The van der Waals surface area contributed by atoms with Gasteiger partial charge in [-0.05, 0) is 53.6 Å². The predicted octanol–water partition coefficient (Wildman–Crippen LogP) is 4.85. The Bertz CT molecular complexity index is 1130. The van der Waals surface area contributed by atoms with Gasteiger partial charge < -0.3 is 10.1 Å². The molecule has 0 saturated carbocycles. The number of carbonyl (C=O) groups excluding carboxylic acids is 1. The molecule has 0 unspecified atom stereocenters. The highest BCUT2D eigenvalue weighted by molar-refractivity contribution is 7.13. The number of halogens is 1. The molecule has 4 rings (SSSR count). The van der Waals surface area contributed by atoms with Gasteiger partial charge in [0.05, 0.1) is 0 Å². The molecular weight excluding hydrogens is 401 g/mol. The van der Waals surface area contributed by atoms with Crippen LogP contribution in [-0.2, 0) is 13.2 Å². The van der Waals surface area contributed by atoms with Gasteiger partial charge in [0.25, 0.3) is 5.91 Å². The van der Waals surface area contributed by atoms with Crippen molar-refractivity contribution in [3.63, 3.8) is 0 Å². The Kier molecular flexibility index (Phi) is 6.10. The molecule has 0 atom stereocenters. The predicted molar refractivity (Wildman–Crippen MR) is 114 cm³/mol. The fourth-order valence-electron chi connectivity index (χ4n) is 2.77. The molecule has 0 bridgehead atoms. The van der Waals surface area contributed by atoms with E-state index in [1.807, 2.05) is 42.5 Å². The zero-order chi connectivity index (χ0) is 20.8. The molecule has 1 amide bonds. The average molecular weight is 419 g/mol. The molecule has 0 aliphatic carbocycles. The first kappa shape index (κ1) is 19.7. The van der Waals surface area contributed by atoms with Crippen LogP contribution in [0.4, 0.5) is 4.39 Å². The van der Waals surface area contributed by atoms with Gasteiger partial charge in [0.2, 0.25) is 0 Å². The van der Waals surface area contributed by atoms with Crippen molar-refractivity contribution >= 4 is 17.2 Å². The molecule has 30 heavy (non-hydrogen) atoms. The molecule has 0 aliphatic rings. The van der Waals surface area contributed by atoms with E-state index in [-0.39, 0.29) is 18.3 Å². The van der Waals surface area contributed by atoms with Crippen LogP contribution in [0.25, 0.3) is 10.6 Å². The van der Waals surface area contributed by atoms with Gasteiger partial charge in [-0.15, -0.1) is 11.3 Å². The first-order valence-corrected chi connectivity index (χ1v) is 10.2. The summed E-state index contributed by atoms with van der Waals surface area (Å²) in [6.07, 6.45) is 3.40. The lowest BCUT2D eigenvalue weighted by atomic mass is 10.2. The van der Waals surface area contributed by atoms with E-state index in [9.17, 15) is 9.18 Å². The van der Waals surface area contributed by atoms with E-state index >= 15 is 0 Å². The lowest BCUT2D eigenvalue weighted by Crippen LogP contribution is -2.23. The van der Waals surface area contributed by atoms with Crippen molar-refractivity contribution in [3.05, 3.63) is 101 Å². The smallest absolute Gasteiger partial charge is 0.271 e. The van der Waals surface area contributed by atoms with Crippen LogP contribution in [-0.4, -0.2) is 15.9 Å². The summed E-state index contributed by atoms with van der Waals surface area (Å²) in [6.45, 7) is 0.687. The number of hydrogen-bond acceptors (Lipinski definition) is 5. The van der Waals surface area contributed by atoms with Gasteiger partial charge in [0.15, 0.2) is 0 Å². The van der Waals surface area contributed by atoms with Crippen LogP contribution in [0.15, 0.2) is 78.4 Å². The average Bonchev–Trinajstić information content (AvgIpc) is 3.28. The minimum atomic E-state index is -0.282. The maximum atomic E-state index is 13.2. The first-order valence-electron chi connectivity index (χ1n) is 9.28. The third-order valence-corrected chi connectivity index (χ3v) is 5.20. The number of benzene rings is 2. The normalized spacial score (nSPS) is 10.6. The monoisotopic (exact) mass is 419 g/mol. The van der Waals surface area contributed by atoms with E-state index in [4.69, 9.17) is 4.74 Å². The Hall–Kier alpha value is -3.58. The Morgan fingerprint density at radius 1 is 1.07 bits per heavy atom. The summed E-state index contributed by atoms with van der Waals surface area (Å²) in [4.78, 5) is 20.8. The SMILES string of the molecule is O=C(NCc1cccnc1)c1csc(-c2ccc(OCc3cccc(F)c3)cc2)n1. The molecule has 0 spiro atoms. The Morgan fingerprint density at radius 3 is 2.67 bits per heavy atom. The van der Waals surface area contributed by atoms with Crippen LogP contribution >= 0.6 is 11.3 Å². The van der Waals surface area contributed by atoms with Gasteiger partial charge >= 0.3 is 0 Å². The Labute approximate surface area is 177 Å².